The van der Waals surface area contributed by atoms with Gasteiger partial charge < -0.3 is 25.6 Å². The minimum atomic E-state index is -0.447. The second-order valence-electron chi connectivity index (χ2n) is 5.60. The summed E-state index contributed by atoms with van der Waals surface area (Å²) >= 11 is 0. The largest absolute Gasteiger partial charge is 0.508 e. The van der Waals surface area contributed by atoms with Crippen LogP contribution in [0.25, 0.3) is 0 Å². The van der Waals surface area contributed by atoms with Gasteiger partial charge in [0.1, 0.15) is 17.2 Å². The number of hydrogen-bond donors (Lipinski definition) is 4. The second-order valence-corrected chi connectivity index (χ2v) is 5.60. The average Bonchev–Trinajstić information content (AvgIpc) is 2.59. The van der Waals surface area contributed by atoms with E-state index in [-0.39, 0.29) is 42.5 Å². The van der Waals surface area contributed by atoms with Crippen molar-refractivity contribution in [1.29, 1.82) is 0 Å². The normalized spacial score (nSPS) is 10.2. The molecule has 26 heavy (non-hydrogen) atoms. The number of carbonyl (C=O) groups excluding carboxylic acids is 2. The van der Waals surface area contributed by atoms with Crippen LogP contribution in [-0.2, 0) is 11.2 Å². The zero-order valence-corrected chi connectivity index (χ0v) is 14.5. The first-order valence-corrected chi connectivity index (χ1v) is 8.27. The van der Waals surface area contributed by atoms with Crippen LogP contribution in [0.2, 0.25) is 0 Å². The molecular formula is C19H22N2O5. The van der Waals surface area contributed by atoms with Crippen LogP contribution in [0.1, 0.15) is 22.8 Å². The van der Waals surface area contributed by atoms with Gasteiger partial charge >= 0.3 is 0 Å². The highest BCUT2D eigenvalue weighted by atomic mass is 16.5. The van der Waals surface area contributed by atoms with Crippen molar-refractivity contribution in [3.05, 3.63) is 53.6 Å². The molecule has 0 spiro atoms. The number of nitrogens with one attached hydrogen (secondary N) is 2. The number of hydrogen-bond acceptors (Lipinski definition) is 5. The summed E-state index contributed by atoms with van der Waals surface area (Å²) in [5.41, 5.74) is 1.01. The molecule has 0 atom stereocenters. The number of carbonyl (C=O) groups is 2. The molecule has 7 nitrogen and oxygen atoms in total. The lowest BCUT2D eigenvalue weighted by molar-refractivity contribution is -0.120. The Balaban J connectivity index is 1.71. The van der Waals surface area contributed by atoms with Crippen molar-refractivity contribution in [3.8, 4) is 17.2 Å². The van der Waals surface area contributed by atoms with Gasteiger partial charge in [0.15, 0.2) is 0 Å². The molecule has 7 heteroatoms. The minimum absolute atomic E-state index is 0.142. The van der Waals surface area contributed by atoms with E-state index in [9.17, 15) is 19.8 Å². The molecular weight excluding hydrogens is 336 g/mol. The van der Waals surface area contributed by atoms with Gasteiger partial charge in [-0.25, -0.2) is 0 Å². The van der Waals surface area contributed by atoms with E-state index in [1.54, 1.807) is 0 Å². The SMILES string of the molecule is CCOc1ccc(CC(=O)NCCNC(=O)c2cc(O)cc(O)c2)cc1. The predicted molar refractivity (Wildman–Crippen MR) is 96.4 cm³/mol. The second kappa shape index (κ2) is 9.31. The molecule has 2 amide bonds. The first-order valence-electron chi connectivity index (χ1n) is 8.27. The van der Waals surface area contributed by atoms with Crippen molar-refractivity contribution in [2.45, 2.75) is 13.3 Å². The summed E-state index contributed by atoms with van der Waals surface area (Å²) in [6, 6.07) is 10.9. The summed E-state index contributed by atoms with van der Waals surface area (Å²) in [6.07, 6.45) is 0.237. The van der Waals surface area contributed by atoms with Crippen molar-refractivity contribution in [2.24, 2.45) is 0 Å². The predicted octanol–water partition coefficient (Wildman–Crippen LogP) is 1.59. The van der Waals surface area contributed by atoms with E-state index in [4.69, 9.17) is 4.74 Å². The van der Waals surface area contributed by atoms with Gasteiger partial charge in [-0.15, -0.1) is 0 Å². The molecule has 0 fully saturated rings. The van der Waals surface area contributed by atoms with E-state index in [1.807, 2.05) is 31.2 Å². The van der Waals surface area contributed by atoms with Gasteiger partial charge in [-0.2, -0.15) is 0 Å². The van der Waals surface area contributed by atoms with Crippen molar-refractivity contribution < 1.29 is 24.5 Å². The maximum absolute atomic E-state index is 11.9. The third-order valence-corrected chi connectivity index (χ3v) is 3.50. The summed E-state index contributed by atoms with van der Waals surface area (Å²) < 4.78 is 5.35. The number of rotatable bonds is 8. The molecule has 2 aromatic rings. The number of benzene rings is 2. The quantitative estimate of drug-likeness (QED) is 0.536. The van der Waals surface area contributed by atoms with E-state index in [0.717, 1.165) is 17.4 Å². The number of phenolic OH excluding ortho intramolecular Hbond substituents is 2. The maximum atomic E-state index is 11.9. The highest BCUT2D eigenvalue weighted by molar-refractivity contribution is 5.95. The molecule has 0 bridgehead atoms. The fourth-order valence-corrected chi connectivity index (χ4v) is 2.32. The lowest BCUT2D eigenvalue weighted by Gasteiger charge is -2.08. The van der Waals surface area contributed by atoms with Gasteiger partial charge in [0, 0.05) is 24.7 Å². The van der Waals surface area contributed by atoms with Crippen LogP contribution in [0.4, 0.5) is 0 Å². The Labute approximate surface area is 151 Å². The maximum Gasteiger partial charge on any atom is 0.251 e. The monoisotopic (exact) mass is 358 g/mol. The molecule has 0 saturated carbocycles. The standard InChI is InChI=1S/C19H22N2O5/c1-2-26-17-5-3-13(4-6-17)9-18(24)20-7-8-21-19(25)14-10-15(22)12-16(23)11-14/h3-6,10-12,22-23H,2,7-9H2,1H3,(H,20,24)(H,21,25). The first kappa shape index (κ1) is 19.1. The van der Waals surface area contributed by atoms with E-state index >= 15 is 0 Å². The Morgan fingerprint density at radius 3 is 2.19 bits per heavy atom. The lowest BCUT2D eigenvalue weighted by Crippen LogP contribution is -2.35. The summed E-state index contributed by atoms with van der Waals surface area (Å²) in [4.78, 5) is 23.8. The molecule has 2 rings (SSSR count). The molecule has 0 radical (unpaired) electrons. The molecule has 0 heterocycles. The summed E-state index contributed by atoms with van der Waals surface area (Å²) in [5, 5.41) is 24.1. The molecule has 0 aromatic heterocycles. The highest BCUT2D eigenvalue weighted by Gasteiger charge is 2.08. The molecule has 0 unspecified atom stereocenters. The molecule has 4 N–H and O–H groups in total. The van der Waals surface area contributed by atoms with E-state index in [0.29, 0.717) is 6.61 Å². The Kier molecular flexibility index (Phi) is 6.84. The molecule has 0 aliphatic heterocycles. The summed E-state index contributed by atoms with van der Waals surface area (Å²) in [6.45, 7) is 2.99. The van der Waals surface area contributed by atoms with Crippen molar-refractivity contribution in [3.63, 3.8) is 0 Å². The first-order chi connectivity index (χ1) is 12.5. The molecule has 2 aromatic carbocycles. The van der Waals surface area contributed by atoms with Gasteiger partial charge in [-0.05, 0) is 36.8 Å². The van der Waals surface area contributed by atoms with Gasteiger partial charge in [0.25, 0.3) is 5.91 Å². The van der Waals surface area contributed by atoms with Crippen LogP contribution in [0.15, 0.2) is 42.5 Å². The molecule has 0 aliphatic rings. The van der Waals surface area contributed by atoms with Gasteiger partial charge in [0.2, 0.25) is 5.91 Å². The van der Waals surface area contributed by atoms with Crippen molar-refractivity contribution >= 4 is 11.8 Å². The van der Waals surface area contributed by atoms with Crippen LogP contribution < -0.4 is 15.4 Å². The van der Waals surface area contributed by atoms with Crippen molar-refractivity contribution in [2.75, 3.05) is 19.7 Å². The number of phenols is 2. The van der Waals surface area contributed by atoms with E-state index in [2.05, 4.69) is 10.6 Å². The summed E-state index contributed by atoms with van der Waals surface area (Å²) in [7, 11) is 0. The smallest absolute Gasteiger partial charge is 0.251 e. The fourth-order valence-electron chi connectivity index (χ4n) is 2.32. The summed E-state index contributed by atoms with van der Waals surface area (Å²) in [5.74, 6) is -0.231. The average molecular weight is 358 g/mol. The minimum Gasteiger partial charge on any atom is -0.508 e. The number of aromatic hydroxyl groups is 2. The van der Waals surface area contributed by atoms with Crippen LogP contribution in [0.5, 0.6) is 17.2 Å². The van der Waals surface area contributed by atoms with Crippen LogP contribution in [0.3, 0.4) is 0 Å². The Morgan fingerprint density at radius 2 is 1.58 bits per heavy atom. The van der Waals surface area contributed by atoms with E-state index in [1.165, 1.54) is 12.1 Å². The van der Waals surface area contributed by atoms with Gasteiger partial charge in [0.05, 0.1) is 13.0 Å². The molecule has 138 valence electrons. The van der Waals surface area contributed by atoms with Gasteiger partial charge in [-0.3, -0.25) is 9.59 Å². The van der Waals surface area contributed by atoms with Crippen molar-refractivity contribution in [1.82, 2.24) is 10.6 Å². The Bertz CT molecular complexity index is 739. The van der Waals surface area contributed by atoms with Gasteiger partial charge in [-0.1, -0.05) is 12.1 Å². The van der Waals surface area contributed by atoms with Crippen LogP contribution >= 0.6 is 0 Å². The van der Waals surface area contributed by atoms with Crippen LogP contribution in [-0.4, -0.2) is 41.7 Å². The fraction of sp³-hybridized carbons (Fsp3) is 0.263. The third-order valence-electron chi connectivity index (χ3n) is 3.50. The molecule has 0 aliphatic carbocycles. The Morgan fingerprint density at radius 1 is 0.962 bits per heavy atom. The topological polar surface area (TPSA) is 108 Å². The van der Waals surface area contributed by atoms with Crippen LogP contribution in [0, 0.1) is 0 Å². The van der Waals surface area contributed by atoms with E-state index < -0.39 is 5.91 Å². The zero-order chi connectivity index (χ0) is 18.9. The number of ether oxygens (including phenoxy) is 1. The lowest BCUT2D eigenvalue weighted by atomic mass is 10.1. The zero-order valence-electron chi connectivity index (χ0n) is 14.5. The highest BCUT2D eigenvalue weighted by Crippen LogP contribution is 2.20. The Hall–Kier alpha value is -3.22. The number of amides is 2. The molecule has 0 saturated heterocycles. The third kappa shape index (κ3) is 6.01.